The maximum Gasteiger partial charge on any atom is 0.0742 e. The maximum atomic E-state index is 3.63. The fourth-order valence-electron chi connectivity index (χ4n) is 1.77. The molecule has 0 bridgehead atoms. The number of hydrogen-bond donors (Lipinski definition) is 0. The largest absolute Gasteiger partial charge is 0.121 e. The van der Waals surface area contributed by atoms with Crippen LogP contribution in [0.3, 0.4) is 0 Å². The van der Waals surface area contributed by atoms with Crippen LogP contribution in [0.25, 0.3) is 0 Å². The molecule has 0 aliphatic carbocycles. The molecule has 0 aromatic carbocycles. The van der Waals surface area contributed by atoms with Gasteiger partial charge in [-0.3, -0.25) is 0 Å². The van der Waals surface area contributed by atoms with Gasteiger partial charge in [0.25, 0.3) is 0 Å². The summed E-state index contributed by atoms with van der Waals surface area (Å²) in [5, 5.41) is 0. The third-order valence-electron chi connectivity index (χ3n) is 2.78. The third kappa shape index (κ3) is 4.58. The number of thiophene rings is 1. The van der Waals surface area contributed by atoms with Crippen molar-refractivity contribution >= 4 is 43.2 Å². The number of halogens is 2. The van der Waals surface area contributed by atoms with Gasteiger partial charge < -0.3 is 0 Å². The van der Waals surface area contributed by atoms with Crippen LogP contribution in [0.1, 0.15) is 45.1 Å². The molecule has 1 aromatic rings. The Labute approximate surface area is 114 Å². The van der Waals surface area contributed by atoms with Crippen molar-refractivity contribution in [3.05, 3.63) is 19.2 Å². The van der Waals surface area contributed by atoms with Gasteiger partial charge in [-0.2, -0.15) is 0 Å². The summed E-state index contributed by atoms with van der Waals surface area (Å²) in [6, 6.07) is 2.25. The average molecular weight is 354 g/mol. The minimum Gasteiger partial charge on any atom is -0.121 e. The lowest BCUT2D eigenvalue weighted by Crippen LogP contribution is -2.02. The van der Waals surface area contributed by atoms with Gasteiger partial charge in [0.15, 0.2) is 0 Å². The molecule has 1 atom stereocenters. The summed E-state index contributed by atoms with van der Waals surface area (Å²) in [7, 11) is 0. The Hall–Kier alpha value is 0.660. The molecule has 0 spiro atoms. The highest BCUT2D eigenvalue weighted by Gasteiger charge is 2.11. The second-order valence-electron chi connectivity index (χ2n) is 3.97. The monoisotopic (exact) mass is 352 g/mol. The van der Waals surface area contributed by atoms with E-state index in [0.29, 0.717) is 0 Å². The Kier molecular flexibility index (Phi) is 6.48. The number of hydrogen-bond acceptors (Lipinski definition) is 1. The molecule has 86 valence electrons. The van der Waals surface area contributed by atoms with Gasteiger partial charge in [-0.1, -0.05) is 39.5 Å². The van der Waals surface area contributed by atoms with E-state index in [0.717, 1.165) is 5.92 Å². The zero-order valence-corrected chi connectivity index (χ0v) is 13.3. The summed E-state index contributed by atoms with van der Waals surface area (Å²) in [5.41, 5.74) is 1.47. The predicted molar refractivity (Wildman–Crippen MR) is 76.7 cm³/mol. The van der Waals surface area contributed by atoms with E-state index in [1.54, 1.807) is 11.3 Å². The molecule has 0 unspecified atom stereocenters. The standard InChI is InChI=1S/C12H18Br2S/c1-3-5-6-9(4-2)7-10-8-11(13)15-12(10)14/h8-9H,3-7H2,1-2H3/t9-/m1/s1. The second kappa shape index (κ2) is 7.08. The molecular formula is C12H18Br2S. The molecule has 0 saturated carbocycles. The first kappa shape index (κ1) is 13.7. The van der Waals surface area contributed by atoms with E-state index < -0.39 is 0 Å². The van der Waals surface area contributed by atoms with E-state index in [1.165, 1.54) is 45.2 Å². The van der Waals surface area contributed by atoms with Crippen LogP contribution in [0, 0.1) is 5.92 Å². The highest BCUT2D eigenvalue weighted by atomic mass is 79.9. The number of unbranched alkanes of at least 4 members (excludes halogenated alkanes) is 1. The van der Waals surface area contributed by atoms with Gasteiger partial charge in [0, 0.05) is 0 Å². The summed E-state index contributed by atoms with van der Waals surface area (Å²) in [5.74, 6) is 0.850. The minimum atomic E-state index is 0.850. The third-order valence-corrected chi connectivity index (χ3v) is 5.24. The Morgan fingerprint density at radius 2 is 2.07 bits per heavy atom. The molecule has 0 fully saturated rings. The zero-order chi connectivity index (χ0) is 11.3. The Bertz CT molecular complexity index is 294. The van der Waals surface area contributed by atoms with Crippen LogP contribution in [-0.2, 0) is 6.42 Å². The normalized spacial score (nSPS) is 13.1. The molecule has 0 radical (unpaired) electrons. The lowest BCUT2D eigenvalue weighted by Gasteiger charge is -2.13. The molecule has 0 amide bonds. The predicted octanol–water partition coefficient (Wildman–Crippen LogP) is 6.03. The minimum absolute atomic E-state index is 0.850. The van der Waals surface area contributed by atoms with Crippen molar-refractivity contribution < 1.29 is 0 Å². The SMILES string of the molecule is CCCC[C@@H](CC)Cc1cc(Br)sc1Br. The first-order valence-electron chi connectivity index (χ1n) is 5.61. The van der Waals surface area contributed by atoms with Crippen molar-refractivity contribution in [1.29, 1.82) is 0 Å². The lowest BCUT2D eigenvalue weighted by atomic mass is 9.93. The smallest absolute Gasteiger partial charge is 0.0742 e. The van der Waals surface area contributed by atoms with Gasteiger partial charge in [0.05, 0.1) is 7.57 Å². The molecule has 1 rings (SSSR count). The van der Waals surface area contributed by atoms with Gasteiger partial charge in [0.2, 0.25) is 0 Å². The Balaban J connectivity index is 2.54. The molecule has 1 aromatic heterocycles. The van der Waals surface area contributed by atoms with Crippen LogP contribution >= 0.6 is 43.2 Å². The summed E-state index contributed by atoms with van der Waals surface area (Å²) in [4.78, 5) is 0. The van der Waals surface area contributed by atoms with Gasteiger partial charge in [-0.25, -0.2) is 0 Å². The van der Waals surface area contributed by atoms with Gasteiger partial charge in [0.1, 0.15) is 0 Å². The Morgan fingerprint density at radius 3 is 2.53 bits per heavy atom. The summed E-state index contributed by atoms with van der Waals surface area (Å²) < 4.78 is 2.53. The quantitative estimate of drug-likeness (QED) is 0.585. The number of rotatable bonds is 6. The molecule has 1 heterocycles. The van der Waals surface area contributed by atoms with Crippen molar-refractivity contribution in [2.24, 2.45) is 5.92 Å². The van der Waals surface area contributed by atoms with Crippen molar-refractivity contribution in [1.82, 2.24) is 0 Å². The highest BCUT2D eigenvalue weighted by molar-refractivity contribution is 9.12. The van der Waals surface area contributed by atoms with E-state index in [4.69, 9.17) is 0 Å². The molecule has 0 aliphatic heterocycles. The first-order chi connectivity index (χ1) is 7.17. The van der Waals surface area contributed by atoms with E-state index >= 15 is 0 Å². The first-order valence-corrected chi connectivity index (χ1v) is 8.01. The van der Waals surface area contributed by atoms with Gasteiger partial charge in [-0.05, 0) is 55.8 Å². The van der Waals surface area contributed by atoms with Crippen LogP contribution < -0.4 is 0 Å². The molecule has 0 saturated heterocycles. The van der Waals surface area contributed by atoms with Crippen molar-refractivity contribution in [2.45, 2.75) is 46.0 Å². The molecular weight excluding hydrogens is 336 g/mol. The summed E-state index contributed by atoms with van der Waals surface area (Å²) in [6.45, 7) is 4.57. The molecule has 0 N–H and O–H groups in total. The van der Waals surface area contributed by atoms with Crippen molar-refractivity contribution in [3.8, 4) is 0 Å². The molecule has 15 heavy (non-hydrogen) atoms. The van der Waals surface area contributed by atoms with Gasteiger partial charge >= 0.3 is 0 Å². The van der Waals surface area contributed by atoms with Crippen LogP contribution in [0.2, 0.25) is 0 Å². The molecule has 0 aliphatic rings. The average Bonchev–Trinajstić information content (AvgIpc) is 2.52. The molecule has 3 heteroatoms. The summed E-state index contributed by atoms with van der Waals surface area (Å²) >= 11 is 8.95. The lowest BCUT2D eigenvalue weighted by molar-refractivity contribution is 0.449. The second-order valence-corrected chi connectivity index (χ2v) is 7.72. The van der Waals surface area contributed by atoms with E-state index in [1.807, 2.05) is 0 Å². The van der Waals surface area contributed by atoms with Crippen LogP contribution in [0.5, 0.6) is 0 Å². The highest BCUT2D eigenvalue weighted by Crippen LogP contribution is 2.34. The topological polar surface area (TPSA) is 0 Å². The maximum absolute atomic E-state index is 3.63. The van der Waals surface area contributed by atoms with E-state index in [-0.39, 0.29) is 0 Å². The summed E-state index contributed by atoms with van der Waals surface area (Å²) in [6.07, 6.45) is 6.55. The van der Waals surface area contributed by atoms with Crippen LogP contribution in [0.4, 0.5) is 0 Å². The van der Waals surface area contributed by atoms with Gasteiger partial charge in [-0.15, -0.1) is 11.3 Å². The molecule has 0 nitrogen and oxygen atoms in total. The zero-order valence-electron chi connectivity index (χ0n) is 9.35. The Morgan fingerprint density at radius 1 is 1.33 bits per heavy atom. The fraction of sp³-hybridized carbons (Fsp3) is 0.667. The van der Waals surface area contributed by atoms with Crippen molar-refractivity contribution in [2.75, 3.05) is 0 Å². The van der Waals surface area contributed by atoms with Crippen LogP contribution in [-0.4, -0.2) is 0 Å². The van der Waals surface area contributed by atoms with Crippen molar-refractivity contribution in [3.63, 3.8) is 0 Å². The van der Waals surface area contributed by atoms with Crippen LogP contribution in [0.15, 0.2) is 13.6 Å². The van der Waals surface area contributed by atoms with E-state index in [2.05, 4.69) is 51.8 Å². The van der Waals surface area contributed by atoms with E-state index in [9.17, 15) is 0 Å². The fourth-order valence-corrected chi connectivity index (χ4v) is 4.63.